The Kier molecular flexibility index (Phi) is 7.15. The van der Waals surface area contributed by atoms with Crippen molar-refractivity contribution in [2.24, 2.45) is 0 Å². The molecule has 4 rings (SSSR count). The van der Waals surface area contributed by atoms with Crippen LogP contribution in [0, 0.1) is 25.2 Å². The molecule has 1 aliphatic rings. The summed E-state index contributed by atoms with van der Waals surface area (Å²) in [5.74, 6) is 0.404. The number of nitrogens with one attached hydrogen (secondary N) is 1. The Morgan fingerprint density at radius 2 is 2.00 bits per heavy atom. The summed E-state index contributed by atoms with van der Waals surface area (Å²) in [4.78, 5) is 17.9. The van der Waals surface area contributed by atoms with Gasteiger partial charge in [-0.3, -0.25) is 4.79 Å². The minimum Gasteiger partial charge on any atom is -0.325 e. The van der Waals surface area contributed by atoms with E-state index in [-0.39, 0.29) is 11.2 Å². The van der Waals surface area contributed by atoms with Gasteiger partial charge in [0.05, 0.1) is 10.8 Å². The molecule has 0 fully saturated rings. The molecule has 1 aliphatic carbocycles. The SMILES string of the molecule is CCC(Sc1nc2c(cc1C#N)CC(c1ccccc1)CC2)C(=O)Nc1cc(C)ccc1C. The smallest absolute Gasteiger partial charge is 0.237 e. The molecule has 1 amide bonds. The van der Waals surface area contributed by atoms with Crippen LogP contribution in [0.3, 0.4) is 0 Å². The highest BCUT2D eigenvalue weighted by Crippen LogP contribution is 2.36. The number of nitrogens with zero attached hydrogens (tertiary/aromatic N) is 2. The summed E-state index contributed by atoms with van der Waals surface area (Å²) >= 11 is 1.40. The monoisotopic (exact) mass is 455 g/mol. The highest BCUT2D eigenvalue weighted by Gasteiger charge is 2.26. The van der Waals surface area contributed by atoms with Crippen molar-refractivity contribution in [1.82, 2.24) is 4.98 Å². The Bertz CT molecular complexity index is 1200. The molecule has 0 aliphatic heterocycles. The van der Waals surface area contributed by atoms with Gasteiger partial charge in [-0.25, -0.2) is 4.98 Å². The number of hydrogen-bond acceptors (Lipinski definition) is 4. The van der Waals surface area contributed by atoms with Crippen LogP contribution in [0.15, 0.2) is 59.6 Å². The van der Waals surface area contributed by atoms with Crippen LogP contribution >= 0.6 is 11.8 Å². The Morgan fingerprint density at radius 3 is 2.73 bits per heavy atom. The van der Waals surface area contributed by atoms with Crippen molar-refractivity contribution in [1.29, 1.82) is 5.26 Å². The maximum atomic E-state index is 13.1. The molecule has 2 unspecified atom stereocenters. The zero-order chi connectivity index (χ0) is 23.4. The normalized spacial score (nSPS) is 15.9. The number of nitriles is 1. The van der Waals surface area contributed by atoms with Crippen LogP contribution in [0.25, 0.3) is 0 Å². The lowest BCUT2D eigenvalue weighted by atomic mass is 9.82. The average Bonchev–Trinajstić information content (AvgIpc) is 2.84. The number of carbonyl (C=O) groups is 1. The van der Waals surface area contributed by atoms with Gasteiger partial charge in [0.25, 0.3) is 0 Å². The molecule has 0 bridgehead atoms. The molecule has 168 valence electrons. The molecule has 2 atom stereocenters. The molecule has 1 heterocycles. The number of thioether (sulfide) groups is 1. The number of anilines is 1. The number of amides is 1. The highest BCUT2D eigenvalue weighted by atomic mass is 32.2. The predicted octanol–water partition coefficient (Wildman–Crippen LogP) is 6.35. The van der Waals surface area contributed by atoms with Crippen molar-refractivity contribution in [2.75, 3.05) is 5.32 Å². The summed E-state index contributed by atoms with van der Waals surface area (Å²) in [6.45, 7) is 6.00. The van der Waals surface area contributed by atoms with Crippen molar-refractivity contribution in [2.45, 2.75) is 62.6 Å². The van der Waals surface area contributed by atoms with Gasteiger partial charge in [-0.05, 0) is 79.8 Å². The lowest BCUT2D eigenvalue weighted by molar-refractivity contribution is -0.115. The molecule has 0 saturated heterocycles. The number of fused-ring (bicyclic) bond motifs is 1. The Balaban J connectivity index is 1.53. The third-order valence-corrected chi connectivity index (χ3v) is 7.68. The van der Waals surface area contributed by atoms with Gasteiger partial charge in [0, 0.05) is 11.4 Å². The zero-order valence-electron chi connectivity index (χ0n) is 19.4. The van der Waals surface area contributed by atoms with Crippen molar-refractivity contribution in [3.05, 3.63) is 88.1 Å². The van der Waals surface area contributed by atoms with E-state index in [4.69, 9.17) is 4.98 Å². The second-order valence-corrected chi connectivity index (χ2v) is 9.92. The number of aryl methyl sites for hydroxylation is 3. The summed E-state index contributed by atoms with van der Waals surface area (Å²) in [5, 5.41) is 13.2. The van der Waals surface area contributed by atoms with Gasteiger partial charge in [0.15, 0.2) is 0 Å². The van der Waals surface area contributed by atoms with Crippen LogP contribution in [0.5, 0.6) is 0 Å². The highest BCUT2D eigenvalue weighted by molar-refractivity contribution is 8.00. The summed E-state index contributed by atoms with van der Waals surface area (Å²) in [5.41, 5.74) is 7.10. The molecule has 0 spiro atoms. The number of aromatic nitrogens is 1. The first kappa shape index (κ1) is 23.1. The van der Waals surface area contributed by atoms with Crippen molar-refractivity contribution < 1.29 is 4.79 Å². The summed E-state index contributed by atoms with van der Waals surface area (Å²) in [6, 6.07) is 20.9. The third kappa shape index (κ3) is 5.29. The van der Waals surface area contributed by atoms with Crippen LogP contribution in [0.2, 0.25) is 0 Å². The van der Waals surface area contributed by atoms with E-state index >= 15 is 0 Å². The number of hydrogen-bond donors (Lipinski definition) is 1. The van der Waals surface area contributed by atoms with Crippen LogP contribution in [0.1, 0.15) is 59.2 Å². The Labute approximate surface area is 200 Å². The van der Waals surface area contributed by atoms with E-state index in [1.165, 1.54) is 17.3 Å². The van der Waals surface area contributed by atoms with Gasteiger partial charge < -0.3 is 5.32 Å². The second kappa shape index (κ2) is 10.2. The van der Waals surface area contributed by atoms with Crippen molar-refractivity contribution >= 4 is 23.4 Å². The maximum Gasteiger partial charge on any atom is 0.237 e. The predicted molar refractivity (Wildman–Crippen MR) is 135 cm³/mol. The van der Waals surface area contributed by atoms with Crippen molar-refractivity contribution in [3.8, 4) is 6.07 Å². The molecular formula is C28H29N3OS. The van der Waals surface area contributed by atoms with Crippen LogP contribution in [-0.2, 0) is 17.6 Å². The van der Waals surface area contributed by atoms with Crippen LogP contribution < -0.4 is 5.32 Å². The first-order valence-electron chi connectivity index (χ1n) is 11.5. The fourth-order valence-corrected chi connectivity index (χ4v) is 5.36. The lowest BCUT2D eigenvalue weighted by Crippen LogP contribution is -2.25. The van der Waals surface area contributed by atoms with E-state index in [2.05, 4.69) is 35.7 Å². The van der Waals surface area contributed by atoms with Gasteiger partial charge in [0.1, 0.15) is 11.1 Å². The van der Waals surface area contributed by atoms with Crippen LogP contribution in [-0.4, -0.2) is 16.1 Å². The minimum atomic E-state index is -0.316. The van der Waals surface area contributed by atoms with Gasteiger partial charge in [0.2, 0.25) is 5.91 Å². The first-order chi connectivity index (χ1) is 16.0. The van der Waals surface area contributed by atoms with E-state index in [0.29, 0.717) is 22.9 Å². The summed E-state index contributed by atoms with van der Waals surface area (Å²) in [6.07, 6.45) is 3.49. The topological polar surface area (TPSA) is 65.8 Å². The van der Waals surface area contributed by atoms with Crippen molar-refractivity contribution in [3.63, 3.8) is 0 Å². The third-order valence-electron chi connectivity index (χ3n) is 6.31. The average molecular weight is 456 g/mol. The van der Waals surface area contributed by atoms with Gasteiger partial charge in [-0.15, -0.1) is 0 Å². The molecule has 33 heavy (non-hydrogen) atoms. The molecule has 1 aromatic heterocycles. The largest absolute Gasteiger partial charge is 0.325 e. The second-order valence-electron chi connectivity index (χ2n) is 8.73. The molecular weight excluding hydrogens is 426 g/mol. The number of rotatable bonds is 6. The number of benzene rings is 2. The van der Waals surface area contributed by atoms with E-state index in [9.17, 15) is 10.1 Å². The van der Waals surface area contributed by atoms with Gasteiger partial charge >= 0.3 is 0 Å². The summed E-state index contributed by atoms with van der Waals surface area (Å²) < 4.78 is 0. The van der Waals surface area contributed by atoms with Crippen LogP contribution in [0.4, 0.5) is 5.69 Å². The lowest BCUT2D eigenvalue weighted by Gasteiger charge is -2.25. The standard InChI is InChI=1S/C28H29N3OS/c1-4-26(27(32)30-25-14-18(2)10-11-19(25)3)33-28-23(17-29)16-22-15-21(12-13-24(22)31-28)20-8-6-5-7-9-20/h5-11,14,16,21,26H,4,12-13,15H2,1-3H3,(H,30,32). The van der Waals surface area contributed by atoms with Gasteiger partial charge in [-0.2, -0.15) is 5.26 Å². The Morgan fingerprint density at radius 1 is 1.21 bits per heavy atom. The van der Waals surface area contributed by atoms with E-state index < -0.39 is 0 Å². The number of carbonyl (C=O) groups excluding carboxylic acids is 1. The van der Waals surface area contributed by atoms with Gasteiger partial charge in [-0.1, -0.05) is 61.2 Å². The molecule has 2 aromatic carbocycles. The number of pyridine rings is 1. The fourth-order valence-electron chi connectivity index (χ4n) is 4.37. The minimum absolute atomic E-state index is 0.0521. The quantitative estimate of drug-likeness (QED) is 0.440. The molecule has 1 N–H and O–H groups in total. The zero-order valence-corrected chi connectivity index (χ0v) is 20.2. The Hall–Kier alpha value is -3.10. The molecule has 5 heteroatoms. The first-order valence-corrected chi connectivity index (χ1v) is 12.4. The molecule has 3 aromatic rings. The fraction of sp³-hybridized carbons (Fsp3) is 0.321. The van der Waals surface area contributed by atoms with E-state index in [1.807, 2.05) is 51.1 Å². The van der Waals surface area contributed by atoms with E-state index in [1.54, 1.807) is 0 Å². The summed E-state index contributed by atoms with van der Waals surface area (Å²) in [7, 11) is 0. The van der Waals surface area contributed by atoms with E-state index in [0.717, 1.165) is 47.3 Å². The molecule has 4 nitrogen and oxygen atoms in total. The molecule has 0 radical (unpaired) electrons. The molecule has 0 saturated carbocycles. The maximum absolute atomic E-state index is 13.1.